The molecule has 0 atom stereocenters. The van der Waals surface area contributed by atoms with Gasteiger partial charge >= 0.3 is 0 Å². The second kappa shape index (κ2) is 6.96. The van der Waals surface area contributed by atoms with Crippen molar-refractivity contribution in [3.8, 4) is 0 Å². The second-order valence-corrected chi connectivity index (χ2v) is 5.57. The fraction of sp³-hybridized carbons (Fsp3) is 0.100. The van der Waals surface area contributed by atoms with E-state index in [2.05, 4.69) is 4.98 Å². The number of amides is 1. The monoisotopic (exact) mass is 318 g/mol. The van der Waals surface area contributed by atoms with Gasteiger partial charge in [-0.2, -0.15) is 0 Å². The number of nitrogens with zero attached hydrogens (tertiary/aromatic N) is 1. The maximum atomic E-state index is 13.0. The molecule has 0 aliphatic heterocycles. The highest BCUT2D eigenvalue weighted by Crippen LogP contribution is 2.20. The van der Waals surface area contributed by atoms with Crippen molar-refractivity contribution in [1.29, 1.82) is 0 Å². The molecule has 3 rings (SSSR count). The van der Waals surface area contributed by atoms with Crippen LogP contribution in [0, 0.1) is 0 Å². The van der Waals surface area contributed by atoms with Crippen LogP contribution in [-0.4, -0.2) is 16.7 Å². The molecule has 0 aliphatic carbocycles. The molecular formula is C20H18N2O2. The maximum Gasteiger partial charge on any atom is 0.275 e. The highest BCUT2D eigenvalue weighted by atomic mass is 16.2. The molecule has 4 heteroatoms. The van der Waals surface area contributed by atoms with E-state index in [9.17, 15) is 9.59 Å². The standard InChI is InChI=1S/C20H18N2O2/c1-15(23)17-12-19(21-13-17)20(24)22(18-10-6-3-7-11-18)14-16-8-4-2-5-9-16/h2-13,21H,14H2,1H3. The summed E-state index contributed by atoms with van der Waals surface area (Å²) in [6.07, 6.45) is 1.57. The molecule has 1 heterocycles. The van der Waals surface area contributed by atoms with Gasteiger partial charge in [-0.1, -0.05) is 48.5 Å². The molecule has 1 amide bonds. The minimum Gasteiger partial charge on any atom is -0.356 e. The number of aromatic nitrogens is 1. The third-order valence-corrected chi connectivity index (χ3v) is 3.82. The Bertz CT molecular complexity index is 838. The Balaban J connectivity index is 1.94. The molecule has 4 nitrogen and oxygen atoms in total. The van der Waals surface area contributed by atoms with Gasteiger partial charge in [-0.25, -0.2) is 0 Å². The van der Waals surface area contributed by atoms with Crippen LogP contribution in [0.15, 0.2) is 72.9 Å². The average molecular weight is 318 g/mol. The molecule has 0 fully saturated rings. The molecular weight excluding hydrogens is 300 g/mol. The number of rotatable bonds is 5. The van der Waals surface area contributed by atoms with E-state index >= 15 is 0 Å². The minimum absolute atomic E-state index is 0.0698. The molecule has 24 heavy (non-hydrogen) atoms. The van der Waals surface area contributed by atoms with E-state index in [1.54, 1.807) is 17.2 Å². The maximum absolute atomic E-state index is 13.0. The van der Waals surface area contributed by atoms with Crippen LogP contribution < -0.4 is 4.90 Å². The van der Waals surface area contributed by atoms with Crippen LogP contribution in [0.5, 0.6) is 0 Å². The van der Waals surface area contributed by atoms with E-state index in [-0.39, 0.29) is 11.7 Å². The first-order valence-electron chi connectivity index (χ1n) is 7.75. The largest absolute Gasteiger partial charge is 0.356 e. The first kappa shape index (κ1) is 15.7. The van der Waals surface area contributed by atoms with Crippen molar-refractivity contribution < 1.29 is 9.59 Å². The number of Topliss-reactive ketones (excluding diaryl/α,β-unsaturated/α-hetero) is 1. The summed E-state index contributed by atoms with van der Waals surface area (Å²) < 4.78 is 0. The smallest absolute Gasteiger partial charge is 0.275 e. The van der Waals surface area contributed by atoms with Crippen LogP contribution in [0.2, 0.25) is 0 Å². The van der Waals surface area contributed by atoms with E-state index in [1.807, 2.05) is 60.7 Å². The minimum atomic E-state index is -0.169. The van der Waals surface area contributed by atoms with Gasteiger partial charge in [0.1, 0.15) is 5.69 Å². The zero-order valence-corrected chi connectivity index (χ0v) is 13.4. The van der Waals surface area contributed by atoms with Crippen LogP contribution in [0.4, 0.5) is 5.69 Å². The number of hydrogen-bond acceptors (Lipinski definition) is 2. The number of aromatic amines is 1. The van der Waals surface area contributed by atoms with Gasteiger partial charge in [0.15, 0.2) is 5.78 Å². The highest BCUT2D eigenvalue weighted by molar-refractivity contribution is 6.06. The molecule has 0 aliphatic rings. The molecule has 120 valence electrons. The fourth-order valence-corrected chi connectivity index (χ4v) is 2.52. The summed E-state index contributed by atoms with van der Waals surface area (Å²) >= 11 is 0. The van der Waals surface area contributed by atoms with Crippen LogP contribution in [0.1, 0.15) is 33.3 Å². The highest BCUT2D eigenvalue weighted by Gasteiger charge is 2.20. The van der Waals surface area contributed by atoms with Crippen molar-refractivity contribution in [2.45, 2.75) is 13.5 Å². The number of benzene rings is 2. The number of para-hydroxylation sites is 1. The SMILES string of the molecule is CC(=O)c1c[nH]c(C(=O)N(Cc2ccccc2)c2ccccc2)c1. The van der Waals surface area contributed by atoms with Crippen LogP contribution in [0.25, 0.3) is 0 Å². The molecule has 0 saturated heterocycles. The first-order valence-corrected chi connectivity index (χ1v) is 7.75. The summed E-state index contributed by atoms with van der Waals surface area (Å²) in [5, 5.41) is 0. The van der Waals surface area contributed by atoms with E-state index < -0.39 is 0 Å². The van der Waals surface area contributed by atoms with Crippen molar-refractivity contribution in [1.82, 2.24) is 4.98 Å². The van der Waals surface area contributed by atoms with Crippen molar-refractivity contribution >= 4 is 17.4 Å². The summed E-state index contributed by atoms with van der Waals surface area (Å²) in [6.45, 7) is 1.94. The Morgan fingerprint density at radius 2 is 1.58 bits per heavy atom. The summed E-state index contributed by atoms with van der Waals surface area (Å²) in [4.78, 5) is 29.0. The molecule has 0 unspecified atom stereocenters. The molecule has 3 aromatic rings. The van der Waals surface area contributed by atoms with Gasteiger partial charge in [-0.05, 0) is 30.7 Å². The van der Waals surface area contributed by atoms with Crippen molar-refractivity contribution in [3.63, 3.8) is 0 Å². The number of hydrogen-bond donors (Lipinski definition) is 1. The van der Waals surface area contributed by atoms with Gasteiger partial charge in [0.25, 0.3) is 5.91 Å². The Labute approximate surface area is 140 Å². The molecule has 0 spiro atoms. The number of anilines is 1. The lowest BCUT2D eigenvalue weighted by Crippen LogP contribution is -2.30. The second-order valence-electron chi connectivity index (χ2n) is 5.57. The lowest BCUT2D eigenvalue weighted by Gasteiger charge is -2.22. The quantitative estimate of drug-likeness (QED) is 0.721. The van der Waals surface area contributed by atoms with E-state index in [4.69, 9.17) is 0 Å². The van der Waals surface area contributed by atoms with Crippen molar-refractivity contribution in [2.24, 2.45) is 0 Å². The topological polar surface area (TPSA) is 53.2 Å². The number of ketones is 1. The fourth-order valence-electron chi connectivity index (χ4n) is 2.52. The van der Waals surface area contributed by atoms with Gasteiger partial charge < -0.3 is 9.88 Å². The average Bonchev–Trinajstić information content (AvgIpc) is 3.11. The Morgan fingerprint density at radius 3 is 2.17 bits per heavy atom. The molecule has 0 radical (unpaired) electrons. The normalized spacial score (nSPS) is 10.4. The predicted octanol–water partition coefficient (Wildman–Crippen LogP) is 4.06. The van der Waals surface area contributed by atoms with E-state index in [0.29, 0.717) is 17.8 Å². The van der Waals surface area contributed by atoms with Gasteiger partial charge in [0, 0.05) is 17.4 Å². The number of carbonyl (C=O) groups is 2. The molecule has 0 bridgehead atoms. The first-order chi connectivity index (χ1) is 11.6. The van der Waals surface area contributed by atoms with Crippen LogP contribution in [0.3, 0.4) is 0 Å². The Morgan fingerprint density at radius 1 is 0.958 bits per heavy atom. The summed E-state index contributed by atoms with van der Waals surface area (Å²) in [7, 11) is 0. The van der Waals surface area contributed by atoms with Crippen molar-refractivity contribution in [2.75, 3.05) is 4.90 Å². The zero-order chi connectivity index (χ0) is 16.9. The van der Waals surface area contributed by atoms with E-state index in [1.165, 1.54) is 6.92 Å². The molecule has 0 saturated carbocycles. The molecule has 1 N–H and O–H groups in total. The third kappa shape index (κ3) is 3.43. The summed E-state index contributed by atoms with van der Waals surface area (Å²) in [5.74, 6) is -0.239. The van der Waals surface area contributed by atoms with Gasteiger partial charge in [0.2, 0.25) is 0 Å². The van der Waals surface area contributed by atoms with E-state index in [0.717, 1.165) is 11.3 Å². The lowest BCUT2D eigenvalue weighted by atomic mass is 10.1. The Kier molecular flexibility index (Phi) is 4.57. The van der Waals surface area contributed by atoms with Crippen LogP contribution >= 0.6 is 0 Å². The number of nitrogens with one attached hydrogen (secondary N) is 1. The molecule has 1 aromatic heterocycles. The zero-order valence-electron chi connectivity index (χ0n) is 13.4. The van der Waals surface area contributed by atoms with Gasteiger partial charge in [-0.3, -0.25) is 9.59 Å². The lowest BCUT2D eigenvalue weighted by molar-refractivity contribution is 0.0980. The summed E-state index contributed by atoms with van der Waals surface area (Å²) in [5.41, 5.74) is 2.75. The number of carbonyl (C=O) groups excluding carboxylic acids is 2. The predicted molar refractivity (Wildman–Crippen MR) is 94.2 cm³/mol. The van der Waals surface area contributed by atoms with Crippen molar-refractivity contribution in [3.05, 3.63) is 89.7 Å². The van der Waals surface area contributed by atoms with Gasteiger partial charge in [0.05, 0.1) is 6.54 Å². The third-order valence-electron chi connectivity index (χ3n) is 3.82. The van der Waals surface area contributed by atoms with Gasteiger partial charge in [-0.15, -0.1) is 0 Å². The van der Waals surface area contributed by atoms with Crippen LogP contribution in [-0.2, 0) is 6.54 Å². The molecule has 2 aromatic carbocycles. The number of H-pyrrole nitrogens is 1. The summed E-state index contributed by atoms with van der Waals surface area (Å²) in [6, 6.07) is 20.9. The Hall–Kier alpha value is -3.14.